The fourth-order valence-corrected chi connectivity index (χ4v) is 4.78. The van der Waals surface area contributed by atoms with E-state index in [1.165, 1.54) is 17.1 Å². The molecule has 1 aliphatic heterocycles. The summed E-state index contributed by atoms with van der Waals surface area (Å²) in [5.41, 5.74) is 0. The van der Waals surface area contributed by atoms with E-state index in [-0.39, 0.29) is 17.8 Å². The van der Waals surface area contributed by atoms with Crippen molar-refractivity contribution in [3.05, 3.63) is 0 Å². The lowest BCUT2D eigenvalue weighted by Crippen LogP contribution is -2.42. The van der Waals surface area contributed by atoms with Crippen LogP contribution in [-0.2, 0) is 14.8 Å². The predicted molar refractivity (Wildman–Crippen MR) is 78.0 cm³/mol. The zero-order valence-electron chi connectivity index (χ0n) is 12.3. The van der Waals surface area contributed by atoms with Gasteiger partial charge in [0.1, 0.15) is 0 Å². The molecule has 2 aliphatic rings. The second-order valence-electron chi connectivity index (χ2n) is 6.25. The number of ether oxygens (including phenoxy) is 1. The molecule has 20 heavy (non-hydrogen) atoms. The van der Waals surface area contributed by atoms with Crippen molar-refractivity contribution in [2.24, 2.45) is 5.92 Å². The molecular formula is C14H27NO4S. The fraction of sp³-hybridized carbons (Fsp3) is 1.00. The average molecular weight is 305 g/mol. The van der Waals surface area contributed by atoms with Gasteiger partial charge in [0.25, 0.3) is 0 Å². The quantitative estimate of drug-likeness (QED) is 0.805. The molecule has 0 amide bonds. The van der Waals surface area contributed by atoms with E-state index in [9.17, 15) is 13.5 Å². The van der Waals surface area contributed by atoms with Crippen LogP contribution in [0.25, 0.3) is 0 Å². The van der Waals surface area contributed by atoms with Crippen LogP contribution in [0.4, 0.5) is 0 Å². The standard InChI is InChI=1S/C14H27NO4S/c1-12(10-19-14-4-2-3-5-14)11-20(17,18)15-8-6-13(16)7-9-15/h12-14,16H,2-11H2,1H3. The monoisotopic (exact) mass is 305 g/mol. The maximum Gasteiger partial charge on any atom is 0.214 e. The Labute approximate surface area is 122 Å². The Balaban J connectivity index is 1.75. The normalized spacial score (nSPS) is 25.1. The van der Waals surface area contributed by atoms with E-state index in [0.29, 0.717) is 38.6 Å². The topological polar surface area (TPSA) is 66.8 Å². The van der Waals surface area contributed by atoms with Crippen LogP contribution in [0.5, 0.6) is 0 Å². The van der Waals surface area contributed by atoms with Crippen molar-refractivity contribution >= 4 is 10.0 Å². The summed E-state index contributed by atoms with van der Waals surface area (Å²) < 4.78 is 31.9. The summed E-state index contributed by atoms with van der Waals surface area (Å²) in [5.74, 6) is 0.169. The highest BCUT2D eigenvalue weighted by atomic mass is 32.2. The van der Waals surface area contributed by atoms with E-state index in [1.54, 1.807) is 0 Å². The number of aliphatic hydroxyl groups excluding tert-OH is 1. The second-order valence-corrected chi connectivity index (χ2v) is 8.27. The molecule has 1 atom stereocenters. The highest BCUT2D eigenvalue weighted by molar-refractivity contribution is 7.89. The van der Waals surface area contributed by atoms with Crippen LogP contribution < -0.4 is 0 Å². The molecule has 1 heterocycles. The van der Waals surface area contributed by atoms with Gasteiger partial charge in [-0.25, -0.2) is 12.7 Å². The van der Waals surface area contributed by atoms with Gasteiger partial charge in [0.2, 0.25) is 10.0 Å². The molecule has 1 aliphatic carbocycles. The first-order chi connectivity index (χ1) is 9.47. The summed E-state index contributed by atoms with van der Waals surface area (Å²) in [6.07, 6.45) is 5.78. The molecule has 5 nitrogen and oxygen atoms in total. The minimum Gasteiger partial charge on any atom is -0.393 e. The number of rotatable bonds is 6. The lowest BCUT2D eigenvalue weighted by atomic mass is 10.1. The van der Waals surface area contributed by atoms with E-state index >= 15 is 0 Å². The molecule has 0 aromatic heterocycles. The van der Waals surface area contributed by atoms with Gasteiger partial charge >= 0.3 is 0 Å². The molecule has 1 saturated heterocycles. The molecule has 0 spiro atoms. The third-order valence-corrected chi connectivity index (χ3v) is 6.37. The molecular weight excluding hydrogens is 278 g/mol. The average Bonchev–Trinajstić information content (AvgIpc) is 2.89. The zero-order valence-corrected chi connectivity index (χ0v) is 13.1. The number of piperidine rings is 1. The molecule has 6 heteroatoms. The Morgan fingerprint density at radius 1 is 1.20 bits per heavy atom. The van der Waals surface area contributed by atoms with Crippen molar-refractivity contribution in [3.8, 4) is 0 Å². The van der Waals surface area contributed by atoms with Gasteiger partial charge in [-0.3, -0.25) is 0 Å². The largest absolute Gasteiger partial charge is 0.393 e. The summed E-state index contributed by atoms with van der Waals surface area (Å²) in [5, 5.41) is 9.44. The number of aliphatic hydroxyl groups is 1. The van der Waals surface area contributed by atoms with Gasteiger partial charge in [0.15, 0.2) is 0 Å². The van der Waals surface area contributed by atoms with E-state index in [2.05, 4.69) is 0 Å². The van der Waals surface area contributed by atoms with E-state index in [4.69, 9.17) is 4.74 Å². The van der Waals surface area contributed by atoms with E-state index in [1.807, 2.05) is 6.92 Å². The van der Waals surface area contributed by atoms with E-state index in [0.717, 1.165) is 12.8 Å². The van der Waals surface area contributed by atoms with Gasteiger partial charge in [-0.1, -0.05) is 19.8 Å². The van der Waals surface area contributed by atoms with Crippen molar-refractivity contribution in [2.45, 2.75) is 57.7 Å². The molecule has 2 rings (SSSR count). The summed E-state index contributed by atoms with van der Waals surface area (Å²) in [4.78, 5) is 0. The maximum absolute atomic E-state index is 12.3. The molecule has 0 bridgehead atoms. The van der Waals surface area contributed by atoms with Gasteiger partial charge in [-0.2, -0.15) is 0 Å². The van der Waals surface area contributed by atoms with Crippen LogP contribution in [0.2, 0.25) is 0 Å². The van der Waals surface area contributed by atoms with Crippen molar-refractivity contribution in [1.82, 2.24) is 4.31 Å². The van der Waals surface area contributed by atoms with Crippen molar-refractivity contribution in [1.29, 1.82) is 0 Å². The van der Waals surface area contributed by atoms with Crippen LogP contribution in [0, 0.1) is 5.92 Å². The highest BCUT2D eigenvalue weighted by Crippen LogP contribution is 2.22. The van der Waals surface area contributed by atoms with Gasteiger partial charge in [-0.15, -0.1) is 0 Å². The van der Waals surface area contributed by atoms with Crippen LogP contribution in [0.3, 0.4) is 0 Å². The van der Waals surface area contributed by atoms with Crippen LogP contribution in [-0.4, -0.2) is 55.5 Å². The number of hydrogen-bond acceptors (Lipinski definition) is 4. The summed E-state index contributed by atoms with van der Waals surface area (Å²) >= 11 is 0. The number of sulfonamides is 1. The maximum atomic E-state index is 12.3. The molecule has 0 aromatic rings. The highest BCUT2D eigenvalue weighted by Gasteiger charge is 2.28. The second kappa shape index (κ2) is 7.20. The lowest BCUT2D eigenvalue weighted by molar-refractivity contribution is 0.0409. The van der Waals surface area contributed by atoms with Crippen LogP contribution in [0.15, 0.2) is 0 Å². The minimum atomic E-state index is -3.21. The Bertz CT molecular complexity index is 384. The predicted octanol–water partition coefficient (Wildman–Crippen LogP) is 1.37. The Morgan fingerprint density at radius 2 is 1.80 bits per heavy atom. The summed E-state index contributed by atoms with van der Waals surface area (Å²) in [7, 11) is -3.21. The number of hydrogen-bond donors (Lipinski definition) is 1. The molecule has 1 unspecified atom stereocenters. The van der Waals surface area contributed by atoms with Crippen LogP contribution in [0.1, 0.15) is 45.4 Å². The van der Waals surface area contributed by atoms with Gasteiger partial charge in [0, 0.05) is 13.1 Å². The van der Waals surface area contributed by atoms with Gasteiger partial charge in [0.05, 0.1) is 24.6 Å². The number of nitrogens with zero attached hydrogens (tertiary/aromatic N) is 1. The molecule has 118 valence electrons. The SMILES string of the molecule is CC(COC1CCCC1)CS(=O)(=O)N1CCC(O)CC1. The first-order valence-electron chi connectivity index (χ1n) is 7.75. The Kier molecular flexibility index (Phi) is 5.84. The molecule has 2 fully saturated rings. The third kappa shape index (κ3) is 4.69. The molecule has 0 radical (unpaired) electrons. The fourth-order valence-electron chi connectivity index (χ4n) is 2.99. The van der Waals surface area contributed by atoms with Crippen LogP contribution >= 0.6 is 0 Å². The summed E-state index contributed by atoms with van der Waals surface area (Å²) in [6.45, 7) is 3.35. The first-order valence-corrected chi connectivity index (χ1v) is 9.36. The minimum absolute atomic E-state index is 0.0208. The van der Waals surface area contributed by atoms with E-state index < -0.39 is 10.0 Å². The molecule has 1 N–H and O–H groups in total. The zero-order chi connectivity index (χ0) is 14.6. The van der Waals surface area contributed by atoms with Crippen molar-refractivity contribution < 1.29 is 18.3 Å². The Morgan fingerprint density at radius 3 is 2.40 bits per heavy atom. The van der Waals surface area contributed by atoms with Crippen molar-refractivity contribution in [3.63, 3.8) is 0 Å². The molecule has 0 aromatic carbocycles. The lowest BCUT2D eigenvalue weighted by Gasteiger charge is -2.29. The van der Waals surface area contributed by atoms with Gasteiger partial charge in [-0.05, 0) is 31.6 Å². The first kappa shape index (κ1) is 16.2. The van der Waals surface area contributed by atoms with Crippen molar-refractivity contribution in [2.75, 3.05) is 25.4 Å². The Hall–Kier alpha value is -0.170. The molecule has 1 saturated carbocycles. The summed E-state index contributed by atoms with van der Waals surface area (Å²) in [6, 6.07) is 0. The smallest absolute Gasteiger partial charge is 0.214 e. The third-order valence-electron chi connectivity index (χ3n) is 4.23. The van der Waals surface area contributed by atoms with Gasteiger partial charge < -0.3 is 9.84 Å².